The number of nitrogen functional groups attached to an aromatic ring is 1. The number of amidine groups is 1. The molecule has 0 aromatic heterocycles. The molecule has 160 valence electrons. The first-order valence-corrected chi connectivity index (χ1v) is 8.94. The van der Waals surface area contributed by atoms with E-state index in [0.29, 0.717) is 21.9 Å². The molecule has 3 aromatic carbocycles. The Kier molecular flexibility index (Phi) is 6.10. The summed E-state index contributed by atoms with van der Waals surface area (Å²) in [5.74, 6) is -2.68. The third-order valence-electron chi connectivity index (χ3n) is 4.25. The normalized spacial score (nSPS) is 11.1. The van der Waals surface area contributed by atoms with Gasteiger partial charge in [-0.1, -0.05) is 48.5 Å². The Balaban J connectivity index is 1.90. The summed E-state index contributed by atoms with van der Waals surface area (Å²) in [4.78, 5) is 28.4. The van der Waals surface area contributed by atoms with Crippen LogP contribution >= 0.6 is 0 Å². The number of amides is 2. The van der Waals surface area contributed by atoms with Gasteiger partial charge >= 0.3 is 18.2 Å². The Morgan fingerprint density at radius 3 is 2.29 bits per heavy atom. The van der Waals surface area contributed by atoms with Crippen LogP contribution in [-0.4, -0.2) is 24.0 Å². The quantitative estimate of drug-likeness (QED) is 0.332. The number of nitrogens with two attached hydrogens (primary N) is 1. The van der Waals surface area contributed by atoms with Crippen LogP contribution in [0.4, 0.5) is 23.7 Å². The second-order valence-electron chi connectivity index (χ2n) is 6.48. The van der Waals surface area contributed by atoms with Crippen LogP contribution in [0.1, 0.15) is 11.1 Å². The largest absolute Gasteiger partial charge is 0.493 e. The minimum Gasteiger partial charge on any atom is -0.384 e. The van der Waals surface area contributed by atoms with E-state index in [1.54, 1.807) is 48.5 Å². The maximum absolute atomic E-state index is 12.7. The summed E-state index contributed by atoms with van der Waals surface area (Å²) in [5, 5.41) is 11.3. The van der Waals surface area contributed by atoms with E-state index >= 15 is 0 Å². The average Bonchev–Trinajstić information content (AvgIpc) is 2.74. The number of nitrogens with zero attached hydrogens (tertiary/aromatic N) is 1. The van der Waals surface area contributed by atoms with Gasteiger partial charge in [0.25, 0.3) is 0 Å². The molecule has 0 aliphatic carbocycles. The molecular formula is C21H17F3N4O3. The van der Waals surface area contributed by atoms with Gasteiger partial charge in [0, 0.05) is 12.1 Å². The Morgan fingerprint density at radius 1 is 1.00 bits per heavy atom. The van der Waals surface area contributed by atoms with E-state index < -0.39 is 18.2 Å². The maximum atomic E-state index is 12.7. The first kappa shape index (κ1) is 21.6. The summed E-state index contributed by atoms with van der Waals surface area (Å²) in [6, 6.07) is 16.6. The van der Waals surface area contributed by atoms with Gasteiger partial charge in [-0.05, 0) is 34.5 Å². The topological polar surface area (TPSA) is 109 Å². The Hall–Kier alpha value is -4.08. The average molecular weight is 430 g/mol. The molecule has 2 amide bonds. The Morgan fingerprint density at radius 2 is 1.65 bits per heavy atom. The highest BCUT2D eigenvalue weighted by atomic mass is 19.4. The highest BCUT2D eigenvalue weighted by Gasteiger charge is 2.43. The van der Waals surface area contributed by atoms with Crippen molar-refractivity contribution in [2.24, 2.45) is 5.73 Å². The summed E-state index contributed by atoms with van der Waals surface area (Å²) in [6.07, 6.45) is -5.29. The molecule has 0 aliphatic rings. The predicted octanol–water partition coefficient (Wildman–Crippen LogP) is 3.86. The van der Waals surface area contributed by atoms with Crippen LogP contribution in [0.3, 0.4) is 0 Å². The summed E-state index contributed by atoms with van der Waals surface area (Å²) < 4.78 is 38.2. The summed E-state index contributed by atoms with van der Waals surface area (Å²) in [6.45, 7) is 0.00922. The van der Waals surface area contributed by atoms with Crippen molar-refractivity contribution in [1.82, 2.24) is 5.32 Å². The van der Waals surface area contributed by atoms with Gasteiger partial charge in [-0.15, -0.1) is 5.06 Å². The van der Waals surface area contributed by atoms with Gasteiger partial charge < -0.3 is 15.9 Å². The monoisotopic (exact) mass is 430 g/mol. The maximum Gasteiger partial charge on any atom is 0.493 e. The molecule has 0 spiro atoms. The molecule has 0 atom stereocenters. The SMILES string of the molecule is N=C(N)c1ccc2cc(N(OC(=O)C(F)(F)F)C(=O)NCc3ccccc3)ccc2c1. The zero-order valence-corrected chi connectivity index (χ0v) is 15.9. The number of hydrogen-bond acceptors (Lipinski definition) is 4. The highest BCUT2D eigenvalue weighted by Crippen LogP contribution is 2.26. The lowest BCUT2D eigenvalue weighted by atomic mass is 10.1. The molecule has 0 bridgehead atoms. The van der Waals surface area contributed by atoms with Crippen molar-refractivity contribution >= 4 is 34.3 Å². The van der Waals surface area contributed by atoms with Gasteiger partial charge in [0.1, 0.15) is 5.84 Å². The Labute approximate surface area is 174 Å². The molecule has 0 radical (unpaired) electrons. The third kappa shape index (κ3) is 5.30. The molecule has 0 saturated carbocycles. The number of rotatable bonds is 4. The van der Waals surface area contributed by atoms with Gasteiger partial charge in [-0.2, -0.15) is 13.2 Å². The van der Waals surface area contributed by atoms with Crippen LogP contribution in [0.5, 0.6) is 0 Å². The number of halogens is 3. The van der Waals surface area contributed by atoms with Crippen molar-refractivity contribution < 1.29 is 27.6 Å². The van der Waals surface area contributed by atoms with Gasteiger partial charge in [0.2, 0.25) is 0 Å². The molecule has 31 heavy (non-hydrogen) atoms. The smallest absolute Gasteiger partial charge is 0.384 e. The van der Waals surface area contributed by atoms with Crippen molar-refractivity contribution in [2.45, 2.75) is 12.7 Å². The second-order valence-corrected chi connectivity index (χ2v) is 6.48. The Bertz CT molecular complexity index is 1130. The number of hydroxylamine groups is 1. The van der Waals surface area contributed by atoms with E-state index in [2.05, 4.69) is 10.2 Å². The molecule has 0 fully saturated rings. The summed E-state index contributed by atoms with van der Waals surface area (Å²) in [5.41, 5.74) is 6.53. The van der Waals surface area contributed by atoms with Gasteiger partial charge in [-0.25, -0.2) is 9.59 Å². The summed E-state index contributed by atoms with van der Waals surface area (Å²) in [7, 11) is 0. The van der Waals surface area contributed by atoms with Gasteiger partial charge in [-0.3, -0.25) is 5.41 Å². The van der Waals surface area contributed by atoms with Gasteiger partial charge in [0.05, 0.1) is 5.69 Å². The van der Waals surface area contributed by atoms with Crippen LogP contribution in [0.2, 0.25) is 0 Å². The van der Waals surface area contributed by atoms with Crippen LogP contribution < -0.4 is 16.1 Å². The number of fused-ring (bicyclic) bond motifs is 1. The summed E-state index contributed by atoms with van der Waals surface area (Å²) >= 11 is 0. The molecule has 4 N–H and O–H groups in total. The van der Waals surface area contributed by atoms with Crippen molar-refractivity contribution in [3.05, 3.63) is 77.9 Å². The molecule has 7 nitrogen and oxygen atoms in total. The molecule has 3 rings (SSSR count). The molecule has 0 aliphatic heterocycles. The lowest BCUT2D eigenvalue weighted by molar-refractivity contribution is -0.199. The number of benzene rings is 3. The zero-order chi connectivity index (χ0) is 22.6. The standard InChI is InChI=1S/C21H17F3N4O3/c22-21(23,24)19(29)31-28(20(30)27-12-13-4-2-1-3-5-13)17-9-8-14-10-16(18(25)26)7-6-15(14)11-17/h1-11H,12H2,(H3,25,26)(H,27,30). The van der Waals surface area contributed by atoms with Crippen molar-refractivity contribution in [3.8, 4) is 0 Å². The number of hydrogen-bond donors (Lipinski definition) is 3. The molecular weight excluding hydrogens is 413 g/mol. The number of alkyl halides is 3. The van der Waals surface area contributed by atoms with E-state index in [9.17, 15) is 22.8 Å². The fraction of sp³-hybridized carbons (Fsp3) is 0.0952. The molecule has 3 aromatic rings. The van der Waals surface area contributed by atoms with Crippen molar-refractivity contribution in [2.75, 3.05) is 5.06 Å². The van der Waals surface area contributed by atoms with Crippen molar-refractivity contribution in [1.29, 1.82) is 5.41 Å². The van der Waals surface area contributed by atoms with E-state index in [4.69, 9.17) is 11.1 Å². The molecule has 0 heterocycles. The van der Waals surface area contributed by atoms with E-state index in [1.807, 2.05) is 0 Å². The lowest BCUT2D eigenvalue weighted by Crippen LogP contribution is -2.44. The van der Waals surface area contributed by atoms with Gasteiger partial charge in [0.15, 0.2) is 0 Å². The fourth-order valence-electron chi connectivity index (χ4n) is 2.72. The van der Waals surface area contributed by atoms with Crippen LogP contribution in [0, 0.1) is 5.41 Å². The first-order chi connectivity index (χ1) is 14.6. The lowest BCUT2D eigenvalue weighted by Gasteiger charge is -2.22. The van der Waals surface area contributed by atoms with Crippen LogP contribution in [-0.2, 0) is 16.2 Å². The molecule has 10 heteroatoms. The minimum atomic E-state index is -5.29. The zero-order valence-electron chi connectivity index (χ0n) is 15.9. The number of carbonyl (C=O) groups is 2. The van der Waals surface area contributed by atoms with E-state index in [-0.39, 0.29) is 23.1 Å². The number of nitrogens with one attached hydrogen (secondary N) is 2. The molecule has 0 saturated heterocycles. The number of urea groups is 1. The fourth-order valence-corrected chi connectivity index (χ4v) is 2.72. The molecule has 0 unspecified atom stereocenters. The number of carbonyl (C=O) groups excluding carboxylic acids is 2. The van der Waals surface area contributed by atoms with E-state index in [0.717, 1.165) is 0 Å². The highest BCUT2D eigenvalue weighted by molar-refractivity contribution is 6.00. The second kappa shape index (κ2) is 8.74. The number of anilines is 1. The third-order valence-corrected chi connectivity index (χ3v) is 4.25. The van der Waals surface area contributed by atoms with E-state index in [1.165, 1.54) is 18.2 Å². The van der Waals surface area contributed by atoms with Crippen molar-refractivity contribution in [3.63, 3.8) is 0 Å². The first-order valence-electron chi connectivity index (χ1n) is 8.94. The van der Waals surface area contributed by atoms with Crippen LogP contribution in [0.25, 0.3) is 10.8 Å². The minimum absolute atomic E-state index is 0.00922. The predicted molar refractivity (Wildman–Crippen MR) is 108 cm³/mol. The van der Waals surface area contributed by atoms with Crippen LogP contribution in [0.15, 0.2) is 66.7 Å².